The van der Waals surface area contributed by atoms with E-state index in [1.807, 2.05) is 6.07 Å². The quantitative estimate of drug-likeness (QED) is 0.647. The zero-order chi connectivity index (χ0) is 18.6. The van der Waals surface area contributed by atoms with Crippen LogP contribution in [0.15, 0.2) is 59.7 Å². The summed E-state index contributed by atoms with van der Waals surface area (Å²) in [5.41, 5.74) is 2.56. The van der Waals surface area contributed by atoms with Gasteiger partial charge in [0.15, 0.2) is 0 Å². The number of hydrogen-bond acceptors (Lipinski definition) is 4. The van der Waals surface area contributed by atoms with E-state index < -0.39 is 0 Å². The monoisotopic (exact) mass is 398 g/mol. The minimum atomic E-state index is -0.346. The maximum atomic E-state index is 12.7. The maximum Gasteiger partial charge on any atom is 0.323 e. The summed E-state index contributed by atoms with van der Waals surface area (Å²) in [5.74, 6) is 0.385. The normalized spacial score (nSPS) is 15.1. The van der Waals surface area contributed by atoms with E-state index in [1.165, 1.54) is 5.56 Å². The molecule has 6 nitrogen and oxygen atoms in total. The number of rotatable bonds is 5. The molecule has 1 aliphatic rings. The summed E-state index contributed by atoms with van der Waals surface area (Å²) in [4.78, 5) is 36.2. The molecule has 1 aromatic carbocycles. The first kappa shape index (κ1) is 20.0. The summed E-state index contributed by atoms with van der Waals surface area (Å²) in [6.07, 6.45) is 5.30. The van der Waals surface area contributed by atoms with E-state index >= 15 is 0 Å². The van der Waals surface area contributed by atoms with Gasteiger partial charge < -0.3 is 9.97 Å². The lowest BCUT2D eigenvalue weighted by Gasteiger charge is -2.32. The van der Waals surface area contributed by atoms with Gasteiger partial charge in [0, 0.05) is 24.5 Å². The number of aromatic amines is 2. The molecule has 1 saturated heterocycles. The smallest absolute Gasteiger partial charge is 0.308 e. The SMILES string of the molecule is Cl.O=C(c1ccncc1)c1[nH]c(=O)[nH]c1CN1CCC(c2ccccc2)CC1. The summed E-state index contributed by atoms with van der Waals surface area (Å²) in [6.45, 7) is 2.44. The third kappa shape index (κ3) is 4.40. The summed E-state index contributed by atoms with van der Waals surface area (Å²) in [6, 6.07) is 13.9. The number of nitrogens with zero attached hydrogens (tertiary/aromatic N) is 2. The fourth-order valence-electron chi connectivity index (χ4n) is 3.75. The second-order valence-electron chi connectivity index (χ2n) is 6.96. The van der Waals surface area contributed by atoms with Gasteiger partial charge in [0.05, 0.1) is 5.69 Å². The molecule has 3 aromatic rings. The van der Waals surface area contributed by atoms with Crippen molar-refractivity contribution < 1.29 is 4.79 Å². The van der Waals surface area contributed by atoms with Gasteiger partial charge in [0.25, 0.3) is 0 Å². The average molecular weight is 399 g/mol. The standard InChI is InChI=1S/C21H22N4O2.ClH/c26-20(17-6-10-22-11-7-17)19-18(23-21(27)24-19)14-25-12-8-16(9-13-25)15-4-2-1-3-5-15;/h1-7,10-11,16H,8-9,12-14H2,(H2,23,24,27);1H. The van der Waals surface area contributed by atoms with Gasteiger partial charge in [-0.05, 0) is 49.5 Å². The molecule has 1 fully saturated rings. The number of aromatic nitrogens is 3. The Kier molecular flexibility index (Phi) is 6.44. The van der Waals surface area contributed by atoms with E-state index in [-0.39, 0.29) is 23.9 Å². The highest BCUT2D eigenvalue weighted by Crippen LogP contribution is 2.28. The summed E-state index contributed by atoms with van der Waals surface area (Å²) in [7, 11) is 0. The lowest BCUT2D eigenvalue weighted by atomic mass is 9.89. The van der Waals surface area contributed by atoms with E-state index in [0.717, 1.165) is 25.9 Å². The van der Waals surface area contributed by atoms with E-state index in [4.69, 9.17) is 0 Å². The van der Waals surface area contributed by atoms with Gasteiger partial charge in [0.1, 0.15) is 5.69 Å². The number of nitrogens with one attached hydrogen (secondary N) is 2. The molecule has 0 bridgehead atoms. The minimum Gasteiger partial charge on any atom is -0.308 e. The van der Waals surface area contributed by atoms with Crippen molar-refractivity contribution in [3.8, 4) is 0 Å². The molecule has 4 rings (SSSR count). The molecule has 2 aromatic heterocycles. The third-order valence-electron chi connectivity index (χ3n) is 5.21. The Balaban J connectivity index is 0.00000225. The molecule has 0 amide bonds. The fraction of sp³-hybridized carbons (Fsp3) is 0.286. The zero-order valence-electron chi connectivity index (χ0n) is 15.4. The molecule has 0 spiro atoms. The van der Waals surface area contributed by atoms with Crippen molar-refractivity contribution >= 4 is 18.2 Å². The predicted octanol–water partition coefficient (Wildman–Crippen LogP) is 3.13. The van der Waals surface area contributed by atoms with Gasteiger partial charge in [-0.15, -0.1) is 12.4 Å². The van der Waals surface area contributed by atoms with Crippen LogP contribution in [0, 0.1) is 0 Å². The van der Waals surface area contributed by atoms with Crippen LogP contribution in [0.5, 0.6) is 0 Å². The van der Waals surface area contributed by atoms with E-state index in [0.29, 0.717) is 29.4 Å². The van der Waals surface area contributed by atoms with Gasteiger partial charge in [-0.25, -0.2) is 4.79 Å². The first-order valence-electron chi connectivity index (χ1n) is 9.24. The van der Waals surface area contributed by atoms with Crippen molar-refractivity contribution in [3.05, 3.63) is 87.9 Å². The maximum absolute atomic E-state index is 12.7. The molecule has 0 aliphatic carbocycles. The Hall–Kier alpha value is -2.70. The number of pyridine rings is 1. The molecule has 0 radical (unpaired) electrons. The molecule has 7 heteroatoms. The number of benzene rings is 1. The topological polar surface area (TPSA) is 81.8 Å². The van der Waals surface area contributed by atoms with Crippen LogP contribution in [0.3, 0.4) is 0 Å². The Morgan fingerprint density at radius 3 is 2.39 bits per heavy atom. The molecular weight excluding hydrogens is 376 g/mol. The van der Waals surface area contributed by atoms with Crippen molar-refractivity contribution in [1.29, 1.82) is 0 Å². The number of piperidine rings is 1. The molecule has 0 atom stereocenters. The van der Waals surface area contributed by atoms with Crippen LogP contribution in [-0.4, -0.2) is 38.7 Å². The first-order chi connectivity index (χ1) is 13.2. The highest BCUT2D eigenvalue weighted by Gasteiger charge is 2.23. The second kappa shape index (κ2) is 8.99. The fourth-order valence-corrected chi connectivity index (χ4v) is 3.75. The van der Waals surface area contributed by atoms with Crippen molar-refractivity contribution in [2.24, 2.45) is 0 Å². The lowest BCUT2D eigenvalue weighted by Crippen LogP contribution is -2.33. The Morgan fingerprint density at radius 1 is 1.04 bits per heavy atom. The molecule has 146 valence electrons. The highest BCUT2D eigenvalue weighted by molar-refractivity contribution is 6.08. The lowest BCUT2D eigenvalue weighted by molar-refractivity contribution is 0.103. The largest absolute Gasteiger partial charge is 0.323 e. The second-order valence-corrected chi connectivity index (χ2v) is 6.96. The summed E-state index contributed by atoms with van der Waals surface area (Å²) >= 11 is 0. The Bertz CT molecular complexity index is 961. The van der Waals surface area contributed by atoms with E-state index in [2.05, 4.69) is 44.1 Å². The number of hydrogen-bond donors (Lipinski definition) is 2. The van der Waals surface area contributed by atoms with Crippen LogP contribution in [0.4, 0.5) is 0 Å². The number of carbonyl (C=O) groups is 1. The highest BCUT2D eigenvalue weighted by atomic mass is 35.5. The number of ketones is 1. The van der Waals surface area contributed by atoms with Crippen molar-refractivity contribution in [2.45, 2.75) is 25.3 Å². The van der Waals surface area contributed by atoms with Crippen LogP contribution in [-0.2, 0) is 6.54 Å². The predicted molar refractivity (Wildman–Crippen MR) is 110 cm³/mol. The summed E-state index contributed by atoms with van der Waals surface area (Å²) in [5, 5.41) is 0. The molecule has 3 heterocycles. The molecule has 0 saturated carbocycles. The third-order valence-corrected chi connectivity index (χ3v) is 5.21. The number of H-pyrrole nitrogens is 2. The number of carbonyl (C=O) groups excluding carboxylic acids is 1. The van der Waals surface area contributed by atoms with E-state index in [9.17, 15) is 9.59 Å². The molecular formula is C21H23ClN4O2. The molecule has 2 N–H and O–H groups in total. The number of halogens is 1. The van der Waals surface area contributed by atoms with Crippen LogP contribution in [0.25, 0.3) is 0 Å². The first-order valence-corrected chi connectivity index (χ1v) is 9.24. The average Bonchev–Trinajstić information content (AvgIpc) is 3.09. The van der Waals surface area contributed by atoms with Crippen LogP contribution in [0.1, 0.15) is 46.1 Å². The number of imidazole rings is 1. The van der Waals surface area contributed by atoms with E-state index in [1.54, 1.807) is 24.5 Å². The van der Waals surface area contributed by atoms with Gasteiger partial charge in [-0.2, -0.15) is 0 Å². The Labute approximate surface area is 169 Å². The van der Waals surface area contributed by atoms with Gasteiger partial charge in [-0.3, -0.25) is 14.7 Å². The zero-order valence-corrected chi connectivity index (χ0v) is 16.2. The van der Waals surface area contributed by atoms with Crippen molar-refractivity contribution in [3.63, 3.8) is 0 Å². The van der Waals surface area contributed by atoms with Crippen LogP contribution in [0.2, 0.25) is 0 Å². The van der Waals surface area contributed by atoms with Crippen molar-refractivity contribution in [1.82, 2.24) is 19.9 Å². The van der Waals surface area contributed by atoms with Gasteiger partial charge in [-0.1, -0.05) is 30.3 Å². The summed E-state index contributed by atoms with van der Waals surface area (Å²) < 4.78 is 0. The molecule has 0 unspecified atom stereocenters. The number of likely N-dealkylation sites (tertiary alicyclic amines) is 1. The molecule has 28 heavy (non-hydrogen) atoms. The van der Waals surface area contributed by atoms with Gasteiger partial charge >= 0.3 is 5.69 Å². The minimum absolute atomic E-state index is 0. The van der Waals surface area contributed by atoms with Crippen LogP contribution < -0.4 is 5.69 Å². The molecule has 1 aliphatic heterocycles. The van der Waals surface area contributed by atoms with Crippen LogP contribution >= 0.6 is 12.4 Å². The van der Waals surface area contributed by atoms with Gasteiger partial charge in [0.2, 0.25) is 5.78 Å². The Morgan fingerprint density at radius 2 is 1.71 bits per heavy atom. The van der Waals surface area contributed by atoms with Crippen molar-refractivity contribution in [2.75, 3.05) is 13.1 Å².